The monoisotopic (exact) mass is 521 g/mol. The summed E-state index contributed by atoms with van der Waals surface area (Å²) in [6, 6.07) is 17.3. The van der Waals surface area contributed by atoms with E-state index in [1.54, 1.807) is 48.5 Å². The molecule has 1 fully saturated rings. The predicted molar refractivity (Wildman–Crippen MR) is 130 cm³/mol. The van der Waals surface area contributed by atoms with Gasteiger partial charge >= 0.3 is 6.29 Å². The van der Waals surface area contributed by atoms with Crippen LogP contribution >= 0.6 is 0 Å². The molecule has 6 rings (SSSR count). The summed E-state index contributed by atoms with van der Waals surface area (Å²) in [6.45, 7) is 0.262. The van der Waals surface area contributed by atoms with Gasteiger partial charge in [0.15, 0.2) is 18.1 Å². The number of hydrogen-bond acceptors (Lipinski definition) is 6. The van der Waals surface area contributed by atoms with Gasteiger partial charge in [0.25, 0.3) is 11.8 Å². The average molecular weight is 521 g/mol. The van der Waals surface area contributed by atoms with Crippen molar-refractivity contribution in [3.05, 3.63) is 72.3 Å². The quantitative estimate of drug-likeness (QED) is 0.566. The maximum Gasteiger partial charge on any atom is 0.586 e. The van der Waals surface area contributed by atoms with Gasteiger partial charge in [0.2, 0.25) is 5.91 Å². The molecule has 1 saturated heterocycles. The Labute approximate surface area is 215 Å². The van der Waals surface area contributed by atoms with Crippen LogP contribution in [-0.2, 0) is 9.59 Å². The first kappa shape index (κ1) is 23.7. The zero-order chi connectivity index (χ0) is 26.4. The highest BCUT2D eigenvalue weighted by Crippen LogP contribution is 2.43. The second kappa shape index (κ2) is 9.02. The Morgan fingerprint density at radius 3 is 2.53 bits per heavy atom. The van der Waals surface area contributed by atoms with Gasteiger partial charge in [-0.2, -0.15) is 0 Å². The minimum atomic E-state index is -3.73. The summed E-state index contributed by atoms with van der Waals surface area (Å²) in [7, 11) is 0. The second-order valence-electron chi connectivity index (χ2n) is 9.03. The number of hydrogen-bond donors (Lipinski definition) is 1. The van der Waals surface area contributed by atoms with E-state index in [9.17, 15) is 23.2 Å². The van der Waals surface area contributed by atoms with Crippen molar-refractivity contribution in [3.8, 4) is 28.4 Å². The molecule has 3 aliphatic rings. The zero-order valence-electron chi connectivity index (χ0n) is 19.9. The molecule has 0 bridgehead atoms. The highest BCUT2D eigenvalue weighted by molar-refractivity contribution is 6.10. The van der Waals surface area contributed by atoms with E-state index in [4.69, 9.17) is 4.74 Å². The lowest BCUT2D eigenvalue weighted by Crippen LogP contribution is -2.60. The van der Waals surface area contributed by atoms with Crippen LogP contribution in [0, 0.1) is 0 Å². The van der Waals surface area contributed by atoms with Gasteiger partial charge < -0.3 is 29.3 Å². The summed E-state index contributed by atoms with van der Waals surface area (Å²) in [6.07, 6.45) is -3.73. The topological polar surface area (TPSA) is 97.4 Å². The van der Waals surface area contributed by atoms with Gasteiger partial charge in [-0.25, -0.2) is 0 Å². The average Bonchev–Trinajstić information content (AvgIpc) is 3.19. The first-order valence-corrected chi connectivity index (χ1v) is 11.9. The van der Waals surface area contributed by atoms with Crippen LogP contribution in [0.2, 0.25) is 0 Å². The fraction of sp³-hybridized carbons (Fsp3) is 0.222. The smallest absolute Gasteiger partial charge is 0.484 e. The molecule has 0 saturated carbocycles. The molecule has 3 amide bonds. The molecule has 194 valence electrons. The zero-order valence-corrected chi connectivity index (χ0v) is 19.9. The van der Waals surface area contributed by atoms with Crippen LogP contribution in [0.4, 0.5) is 14.5 Å². The lowest BCUT2D eigenvalue weighted by atomic mass is 10.0. The molecular weight excluding hydrogens is 500 g/mol. The van der Waals surface area contributed by atoms with Crippen molar-refractivity contribution < 1.29 is 37.4 Å². The number of benzene rings is 3. The SMILES string of the molecule is O=C1Nc2ccc(-c3ccc4c(c3)OC(F)(F)O4)cc2C(=O)N2CCN(C(=O)COc3ccccc3)CC12. The number of para-hydroxylation sites is 1. The minimum Gasteiger partial charge on any atom is -0.484 e. The van der Waals surface area contributed by atoms with Crippen LogP contribution in [-0.4, -0.2) is 66.1 Å². The predicted octanol–water partition coefficient (Wildman–Crippen LogP) is 3.36. The number of amides is 3. The Morgan fingerprint density at radius 2 is 1.71 bits per heavy atom. The number of carbonyl (C=O) groups excluding carboxylic acids is 3. The fourth-order valence-corrected chi connectivity index (χ4v) is 4.74. The van der Waals surface area contributed by atoms with Gasteiger partial charge in [-0.3, -0.25) is 14.4 Å². The molecule has 0 aliphatic carbocycles. The van der Waals surface area contributed by atoms with Gasteiger partial charge in [-0.05, 0) is 47.5 Å². The van der Waals surface area contributed by atoms with Gasteiger partial charge in [-0.15, -0.1) is 8.78 Å². The molecule has 3 aromatic carbocycles. The largest absolute Gasteiger partial charge is 0.586 e. The third-order valence-corrected chi connectivity index (χ3v) is 6.64. The third-order valence-electron chi connectivity index (χ3n) is 6.64. The summed E-state index contributed by atoms with van der Waals surface area (Å²) in [5.74, 6) is -0.697. The van der Waals surface area contributed by atoms with E-state index in [1.807, 2.05) is 6.07 Å². The molecule has 3 aromatic rings. The number of nitrogens with one attached hydrogen (secondary N) is 1. The highest BCUT2D eigenvalue weighted by atomic mass is 19.3. The normalized spacial score (nSPS) is 19.3. The Morgan fingerprint density at radius 1 is 0.974 bits per heavy atom. The third kappa shape index (κ3) is 4.36. The van der Waals surface area contributed by atoms with Crippen LogP contribution in [0.15, 0.2) is 66.7 Å². The van der Waals surface area contributed by atoms with Gasteiger partial charge in [-0.1, -0.05) is 30.3 Å². The van der Waals surface area contributed by atoms with Crippen molar-refractivity contribution in [3.63, 3.8) is 0 Å². The van der Waals surface area contributed by atoms with E-state index in [1.165, 1.54) is 21.9 Å². The maximum absolute atomic E-state index is 13.5. The molecular formula is C27H21F2N3O6. The Bertz CT molecular complexity index is 1450. The number of rotatable bonds is 4. The van der Waals surface area contributed by atoms with Crippen molar-refractivity contribution in [1.82, 2.24) is 9.80 Å². The van der Waals surface area contributed by atoms with E-state index >= 15 is 0 Å². The summed E-state index contributed by atoms with van der Waals surface area (Å²) in [5, 5.41) is 2.79. The number of fused-ring (bicyclic) bond motifs is 3. The Kier molecular flexibility index (Phi) is 5.63. The molecule has 0 aromatic heterocycles. The number of alkyl halides is 2. The molecule has 1 N–H and O–H groups in total. The highest BCUT2D eigenvalue weighted by Gasteiger charge is 2.44. The van der Waals surface area contributed by atoms with E-state index < -0.39 is 18.2 Å². The van der Waals surface area contributed by atoms with E-state index in [2.05, 4.69) is 14.8 Å². The van der Waals surface area contributed by atoms with Crippen molar-refractivity contribution >= 4 is 23.4 Å². The lowest BCUT2D eigenvalue weighted by molar-refractivity contribution is -0.286. The van der Waals surface area contributed by atoms with Crippen molar-refractivity contribution in [2.24, 2.45) is 0 Å². The van der Waals surface area contributed by atoms with Crippen molar-refractivity contribution in [2.75, 3.05) is 31.6 Å². The molecule has 3 heterocycles. The molecule has 1 atom stereocenters. The fourth-order valence-electron chi connectivity index (χ4n) is 4.74. The van der Waals surface area contributed by atoms with Crippen LogP contribution in [0.5, 0.6) is 17.2 Å². The first-order valence-electron chi connectivity index (χ1n) is 11.9. The number of halogens is 2. The van der Waals surface area contributed by atoms with Crippen LogP contribution in [0.3, 0.4) is 0 Å². The Balaban J connectivity index is 1.20. The molecule has 1 unspecified atom stereocenters. The molecule has 0 radical (unpaired) electrons. The Hall–Kier alpha value is -4.67. The van der Waals surface area contributed by atoms with Crippen molar-refractivity contribution in [1.29, 1.82) is 0 Å². The van der Waals surface area contributed by atoms with Crippen LogP contribution < -0.4 is 19.5 Å². The molecule has 11 heteroatoms. The van der Waals surface area contributed by atoms with Crippen LogP contribution in [0.1, 0.15) is 10.4 Å². The summed E-state index contributed by atoms with van der Waals surface area (Å²) >= 11 is 0. The molecule has 38 heavy (non-hydrogen) atoms. The number of ether oxygens (including phenoxy) is 3. The van der Waals surface area contributed by atoms with Gasteiger partial charge in [0.1, 0.15) is 11.8 Å². The maximum atomic E-state index is 13.5. The van der Waals surface area contributed by atoms with Gasteiger partial charge in [0, 0.05) is 13.1 Å². The van der Waals surface area contributed by atoms with E-state index in [0.717, 1.165) is 0 Å². The minimum absolute atomic E-state index is 0.0335. The summed E-state index contributed by atoms with van der Waals surface area (Å²) in [5.41, 5.74) is 1.68. The van der Waals surface area contributed by atoms with E-state index in [-0.39, 0.29) is 55.1 Å². The number of piperazine rings is 1. The van der Waals surface area contributed by atoms with E-state index in [0.29, 0.717) is 22.6 Å². The lowest BCUT2D eigenvalue weighted by Gasteiger charge is -2.39. The number of nitrogens with zero attached hydrogens (tertiary/aromatic N) is 2. The number of anilines is 1. The summed E-state index contributed by atoms with van der Waals surface area (Å²) in [4.78, 5) is 42.3. The summed E-state index contributed by atoms with van der Waals surface area (Å²) < 4.78 is 41.4. The second-order valence-corrected chi connectivity index (χ2v) is 9.03. The number of carbonyl (C=O) groups is 3. The van der Waals surface area contributed by atoms with Crippen LogP contribution in [0.25, 0.3) is 11.1 Å². The molecule has 3 aliphatic heterocycles. The first-order chi connectivity index (χ1) is 18.3. The standard InChI is InChI=1S/C27H21F2N3O6/c28-27(29)37-22-9-7-17(13-23(22)38-27)16-6-8-20-19(12-16)26(35)32-11-10-31(14-21(32)25(34)30-20)24(33)15-36-18-4-2-1-3-5-18/h1-9,12-13,21H,10-11,14-15H2,(H,30,34). The molecule has 9 nitrogen and oxygen atoms in total. The molecule has 0 spiro atoms. The van der Waals surface area contributed by atoms with Gasteiger partial charge in [0.05, 0.1) is 17.8 Å². The van der Waals surface area contributed by atoms with Crippen molar-refractivity contribution in [2.45, 2.75) is 12.3 Å².